The van der Waals surface area contributed by atoms with Crippen LogP contribution in [0.2, 0.25) is 0 Å². The van der Waals surface area contributed by atoms with E-state index >= 15 is 0 Å². The van der Waals surface area contributed by atoms with E-state index in [1.54, 1.807) is 13.8 Å². The van der Waals surface area contributed by atoms with E-state index in [1.165, 1.54) is 0 Å². The summed E-state index contributed by atoms with van der Waals surface area (Å²) in [6.07, 6.45) is 1.17. The van der Waals surface area contributed by atoms with Crippen molar-refractivity contribution in [3.8, 4) is 0 Å². The number of esters is 1. The number of hydrogen-bond acceptors (Lipinski definition) is 7. The lowest BCUT2D eigenvalue weighted by Gasteiger charge is -2.44. The number of alkyl carbamates (subject to hydrolysis) is 1. The minimum absolute atomic E-state index is 0.0179. The molecule has 1 aliphatic rings. The van der Waals surface area contributed by atoms with Gasteiger partial charge < -0.3 is 18.5 Å². The van der Waals surface area contributed by atoms with E-state index in [9.17, 15) is 14.2 Å². The highest BCUT2D eigenvalue weighted by Gasteiger charge is 2.48. The summed E-state index contributed by atoms with van der Waals surface area (Å²) < 4.78 is 36.1. The van der Waals surface area contributed by atoms with Gasteiger partial charge in [0.25, 0.3) is 0 Å². The highest BCUT2D eigenvalue weighted by molar-refractivity contribution is 7.55. The van der Waals surface area contributed by atoms with E-state index in [2.05, 4.69) is 38.2 Å². The van der Waals surface area contributed by atoms with Gasteiger partial charge in [0, 0.05) is 5.92 Å². The van der Waals surface area contributed by atoms with E-state index < -0.39 is 31.5 Å². The molecule has 214 valence electrons. The third-order valence-electron chi connectivity index (χ3n) is 7.39. The number of benzene rings is 2. The lowest BCUT2D eigenvalue weighted by Crippen LogP contribution is -2.48. The molecule has 0 aliphatic heterocycles. The SMILES string of the molecule is CCOP(=O)(OCC)C(NC(=O)OCc1ccccc1)C(=O)O[C@@H]1C[C@H](C)CC[C@H]1C(C)(C)c1ccccc1. The number of hydrogen-bond donors (Lipinski definition) is 1. The van der Waals surface area contributed by atoms with E-state index in [0.717, 1.165) is 24.0 Å². The van der Waals surface area contributed by atoms with Gasteiger partial charge in [-0.3, -0.25) is 9.88 Å². The average Bonchev–Trinajstić information content (AvgIpc) is 2.91. The van der Waals surface area contributed by atoms with Crippen LogP contribution in [0.1, 0.15) is 65.0 Å². The van der Waals surface area contributed by atoms with Gasteiger partial charge in [-0.25, -0.2) is 9.59 Å². The first-order valence-corrected chi connectivity index (χ1v) is 15.3. The molecule has 3 rings (SSSR count). The van der Waals surface area contributed by atoms with Crippen molar-refractivity contribution in [2.24, 2.45) is 11.8 Å². The van der Waals surface area contributed by atoms with Gasteiger partial charge in [-0.1, -0.05) is 87.9 Å². The zero-order chi connectivity index (χ0) is 28.5. The first-order valence-electron chi connectivity index (χ1n) is 13.7. The van der Waals surface area contributed by atoms with Crippen molar-refractivity contribution in [2.75, 3.05) is 13.2 Å². The van der Waals surface area contributed by atoms with Crippen LogP contribution in [0.5, 0.6) is 0 Å². The Morgan fingerprint density at radius 3 is 2.15 bits per heavy atom. The summed E-state index contributed by atoms with van der Waals surface area (Å²) in [7, 11) is -4.12. The van der Waals surface area contributed by atoms with Crippen LogP contribution in [-0.4, -0.2) is 37.2 Å². The summed E-state index contributed by atoms with van der Waals surface area (Å²) in [6.45, 7) is 9.76. The quantitative estimate of drug-likeness (QED) is 0.225. The number of nitrogens with one attached hydrogen (secondary N) is 1. The molecule has 2 aromatic carbocycles. The maximum Gasteiger partial charge on any atom is 0.408 e. The first kappa shape index (κ1) is 30.9. The standard InChI is InChI=1S/C30H42NO7P/c1-6-36-39(34,37-7-2)27(31-29(33)35-21-23-14-10-8-11-15-23)28(32)38-26-20-22(3)18-19-25(26)30(4,5)24-16-12-9-13-17-24/h8-17,22,25-27H,6-7,18-21H2,1-5H3,(H,31,33)/t22-,25-,26-,27?/m1/s1. The molecular weight excluding hydrogens is 517 g/mol. The highest BCUT2D eigenvalue weighted by Crippen LogP contribution is 2.53. The number of rotatable bonds is 12. The molecule has 1 saturated carbocycles. The number of carbonyl (C=O) groups excluding carboxylic acids is 2. The zero-order valence-corrected chi connectivity index (χ0v) is 24.5. The topological polar surface area (TPSA) is 100 Å². The molecule has 39 heavy (non-hydrogen) atoms. The van der Waals surface area contributed by atoms with Gasteiger partial charge in [0.15, 0.2) is 0 Å². The van der Waals surface area contributed by atoms with Gasteiger partial charge >= 0.3 is 19.7 Å². The lowest BCUT2D eigenvalue weighted by atomic mass is 9.64. The molecule has 9 heteroatoms. The lowest BCUT2D eigenvalue weighted by molar-refractivity contribution is -0.157. The average molecular weight is 560 g/mol. The Balaban J connectivity index is 1.84. The minimum atomic E-state index is -4.12. The predicted octanol–water partition coefficient (Wildman–Crippen LogP) is 6.83. The van der Waals surface area contributed by atoms with E-state index in [1.807, 2.05) is 48.5 Å². The summed E-state index contributed by atoms with van der Waals surface area (Å²) >= 11 is 0. The van der Waals surface area contributed by atoms with Gasteiger partial charge in [0.05, 0.1) is 13.2 Å². The fourth-order valence-electron chi connectivity index (χ4n) is 5.27. The normalized spacial score (nSPS) is 20.6. The van der Waals surface area contributed by atoms with E-state index in [-0.39, 0.29) is 31.2 Å². The fourth-order valence-corrected chi connectivity index (χ4v) is 6.94. The molecule has 1 aliphatic carbocycles. The maximum absolute atomic E-state index is 13.8. The first-order chi connectivity index (χ1) is 18.6. The summed E-state index contributed by atoms with van der Waals surface area (Å²) in [4.78, 5) is 26.5. The van der Waals surface area contributed by atoms with Crippen LogP contribution >= 0.6 is 7.60 Å². The van der Waals surface area contributed by atoms with Gasteiger partial charge in [0.1, 0.15) is 12.7 Å². The van der Waals surface area contributed by atoms with Gasteiger partial charge in [-0.2, -0.15) is 0 Å². The molecule has 8 nitrogen and oxygen atoms in total. The molecule has 1 unspecified atom stereocenters. The Morgan fingerprint density at radius 2 is 1.56 bits per heavy atom. The smallest absolute Gasteiger partial charge is 0.408 e. The summed E-state index contributed by atoms with van der Waals surface area (Å²) in [6, 6.07) is 19.3. The second-order valence-corrected chi connectivity index (χ2v) is 12.7. The van der Waals surface area contributed by atoms with Crippen LogP contribution < -0.4 is 5.32 Å². The van der Waals surface area contributed by atoms with Crippen LogP contribution in [0.4, 0.5) is 4.79 Å². The minimum Gasteiger partial charge on any atom is -0.460 e. The van der Waals surface area contributed by atoms with E-state index in [4.69, 9.17) is 18.5 Å². The Bertz CT molecular complexity index is 1100. The van der Waals surface area contributed by atoms with Crippen molar-refractivity contribution in [1.29, 1.82) is 0 Å². The molecule has 4 atom stereocenters. The molecule has 2 aromatic rings. The van der Waals surface area contributed by atoms with Gasteiger partial charge in [-0.15, -0.1) is 0 Å². The molecule has 1 amide bonds. The second-order valence-electron chi connectivity index (χ2n) is 10.6. The molecule has 0 heterocycles. The van der Waals surface area contributed by atoms with Gasteiger partial charge in [-0.05, 0) is 49.1 Å². The molecule has 0 aromatic heterocycles. The van der Waals surface area contributed by atoms with Crippen LogP contribution in [0, 0.1) is 11.8 Å². The fraction of sp³-hybridized carbons (Fsp3) is 0.533. The van der Waals surface area contributed by atoms with Crippen LogP contribution in [0.15, 0.2) is 60.7 Å². The monoisotopic (exact) mass is 559 g/mol. The number of amides is 1. The predicted molar refractivity (Wildman–Crippen MR) is 150 cm³/mol. The number of carbonyl (C=O) groups is 2. The van der Waals surface area contributed by atoms with Crippen molar-refractivity contribution in [2.45, 2.75) is 77.8 Å². The van der Waals surface area contributed by atoms with Crippen molar-refractivity contribution in [3.05, 3.63) is 71.8 Å². The third kappa shape index (κ3) is 8.17. The highest BCUT2D eigenvalue weighted by atomic mass is 31.2. The van der Waals surface area contributed by atoms with Crippen LogP contribution in [0.25, 0.3) is 0 Å². The Hall–Kier alpha value is -2.67. The third-order valence-corrected chi connectivity index (χ3v) is 9.60. The summed E-state index contributed by atoms with van der Waals surface area (Å²) in [5.41, 5.74) is 1.64. The Kier molecular flexibility index (Phi) is 11.2. The molecule has 0 saturated heterocycles. The second kappa shape index (κ2) is 14.1. The van der Waals surface area contributed by atoms with Crippen molar-refractivity contribution < 1.29 is 32.7 Å². The summed E-state index contributed by atoms with van der Waals surface area (Å²) in [5, 5.41) is 2.43. The molecular formula is C30H42NO7P. The Morgan fingerprint density at radius 1 is 0.974 bits per heavy atom. The summed E-state index contributed by atoms with van der Waals surface area (Å²) in [5.74, 6) is -2.16. The number of ether oxygens (including phenoxy) is 2. The molecule has 1 N–H and O–H groups in total. The zero-order valence-electron chi connectivity index (χ0n) is 23.6. The molecule has 0 radical (unpaired) electrons. The van der Waals surface area contributed by atoms with Crippen molar-refractivity contribution in [1.82, 2.24) is 5.32 Å². The van der Waals surface area contributed by atoms with Crippen molar-refractivity contribution in [3.63, 3.8) is 0 Å². The van der Waals surface area contributed by atoms with Gasteiger partial charge in [0.2, 0.25) is 5.78 Å². The maximum atomic E-state index is 13.8. The van der Waals surface area contributed by atoms with Crippen LogP contribution in [-0.2, 0) is 39.9 Å². The molecule has 1 fully saturated rings. The van der Waals surface area contributed by atoms with Crippen LogP contribution in [0.3, 0.4) is 0 Å². The Labute approximate surface area is 232 Å². The largest absolute Gasteiger partial charge is 0.460 e. The van der Waals surface area contributed by atoms with E-state index in [0.29, 0.717) is 12.3 Å². The van der Waals surface area contributed by atoms with Crippen molar-refractivity contribution >= 4 is 19.7 Å². The molecule has 0 spiro atoms. The molecule has 0 bridgehead atoms.